The molecule has 3 aliphatic rings. The summed E-state index contributed by atoms with van der Waals surface area (Å²) in [5, 5.41) is 31.4. The van der Waals surface area contributed by atoms with Gasteiger partial charge in [0.1, 0.15) is 12.4 Å². The molecule has 1 aliphatic carbocycles. The van der Waals surface area contributed by atoms with E-state index in [1.807, 2.05) is 44.2 Å². The Bertz CT molecular complexity index is 2250. The summed E-state index contributed by atoms with van der Waals surface area (Å²) in [6.45, 7) is 21.2. The van der Waals surface area contributed by atoms with E-state index < -0.39 is 18.2 Å². The van der Waals surface area contributed by atoms with E-state index in [9.17, 15) is 15.0 Å². The predicted octanol–water partition coefficient (Wildman–Crippen LogP) is 4.84. The summed E-state index contributed by atoms with van der Waals surface area (Å²) in [5.74, 6) is -0.711. The number of hydrogen-bond donors (Lipinski definition) is 2. The zero-order valence-corrected chi connectivity index (χ0v) is 35.5. The number of nitrogens with zero attached hydrogens (tertiary/aromatic N) is 4. The summed E-state index contributed by atoms with van der Waals surface area (Å²) >= 11 is 0. The number of carbonyl (C=O) groups is 1. The number of fused-ring (bicyclic) bond motifs is 8. The van der Waals surface area contributed by atoms with Crippen LogP contribution in [-0.4, -0.2) is 65.3 Å². The summed E-state index contributed by atoms with van der Waals surface area (Å²) in [6, 6.07) is -0.507. The summed E-state index contributed by atoms with van der Waals surface area (Å²) in [5.41, 5.74) is 9.97. The molecule has 0 spiro atoms. The first-order chi connectivity index (χ1) is 25.8. The van der Waals surface area contributed by atoms with Crippen LogP contribution in [0.5, 0.6) is 0 Å². The fourth-order valence-corrected chi connectivity index (χ4v) is 8.54. The Morgan fingerprint density at radius 1 is 1.00 bits per heavy atom. The molecule has 2 N–H and O–H groups in total. The second-order valence-electron chi connectivity index (χ2n) is 15.7. The third kappa shape index (κ3) is 8.24. The Balaban J connectivity index is 0.00000580. The largest absolute Gasteiger partial charge is 2.00 e. The molecule has 290 valence electrons. The van der Waals surface area contributed by atoms with Gasteiger partial charge in [0.25, 0.3) is 0 Å². The molecule has 6 rings (SSSR count). The van der Waals surface area contributed by atoms with E-state index >= 15 is 0 Å². The zero-order valence-electron chi connectivity index (χ0n) is 34.1. The Labute approximate surface area is 341 Å². The number of aliphatic hydroxyl groups excluding tert-OH is 2. The van der Waals surface area contributed by atoms with Gasteiger partial charge in [-0.1, -0.05) is 104 Å². The molecule has 0 amide bonds. The summed E-state index contributed by atoms with van der Waals surface area (Å²) in [7, 11) is 1.42. The van der Waals surface area contributed by atoms with Crippen LogP contribution >= 0.6 is 0 Å². The van der Waals surface area contributed by atoms with E-state index in [-0.39, 0.29) is 59.6 Å². The van der Waals surface area contributed by atoms with Gasteiger partial charge >= 0.3 is 29.0 Å². The number of carbonyl (C=O) groups excluding carboxylic acids is 1. The monoisotopic (exact) mass is 756 g/mol. The van der Waals surface area contributed by atoms with Crippen LogP contribution in [-0.2, 0) is 20.7 Å². The van der Waals surface area contributed by atoms with Crippen molar-refractivity contribution in [2.75, 3.05) is 13.7 Å². The second-order valence-corrected chi connectivity index (χ2v) is 15.7. The maximum Gasteiger partial charge on any atom is 2.00 e. The van der Waals surface area contributed by atoms with Crippen LogP contribution in [0, 0.1) is 44.4 Å². The molecule has 1 fully saturated rings. The zero-order chi connectivity index (χ0) is 39.0. The molecule has 0 radical (unpaired) electrons. The quantitative estimate of drug-likeness (QED) is 0.110. The van der Waals surface area contributed by atoms with Crippen LogP contribution in [0.25, 0.3) is 41.0 Å². The molecule has 5 atom stereocenters. The number of esters is 1. The van der Waals surface area contributed by atoms with Gasteiger partial charge in [0.05, 0.1) is 5.92 Å². The van der Waals surface area contributed by atoms with Crippen LogP contribution in [0.4, 0.5) is 0 Å². The molecule has 3 aromatic heterocycles. The second kappa shape index (κ2) is 17.6. The SMILES string of the molecule is C=Cc1c2[n-]c(c1C)/C=C1\[N-]C(C3=c4[n-]c(c(C)c4=C(O)[C@@H]3C(O)OC)/C=c3\[n-]/c(c(C)c3CC)=C\2)[C@@H](CCC(=O)OC/C=C(\C)CCCC(C)C)[C@@H]1C.[Mg+2]. The Morgan fingerprint density at radius 3 is 2.38 bits per heavy atom. The van der Waals surface area contributed by atoms with Gasteiger partial charge in [-0.25, -0.2) is 0 Å². The van der Waals surface area contributed by atoms with Crippen LogP contribution in [0.15, 0.2) is 23.9 Å². The molecular formula is C45H56MgN4O5-2. The fourth-order valence-electron chi connectivity index (χ4n) is 8.54. The molecule has 2 aliphatic heterocycles. The van der Waals surface area contributed by atoms with Crippen LogP contribution < -0.4 is 36.2 Å². The van der Waals surface area contributed by atoms with Crippen LogP contribution in [0.2, 0.25) is 0 Å². The Morgan fingerprint density at radius 2 is 1.71 bits per heavy atom. The molecule has 55 heavy (non-hydrogen) atoms. The number of methoxy groups -OCH3 is 1. The summed E-state index contributed by atoms with van der Waals surface area (Å²) in [4.78, 5) is 28.5. The number of aromatic nitrogens is 3. The molecule has 8 bridgehead atoms. The van der Waals surface area contributed by atoms with Crippen molar-refractivity contribution < 1.29 is 24.5 Å². The van der Waals surface area contributed by atoms with Gasteiger partial charge in [0.2, 0.25) is 0 Å². The standard InChI is InChI=1S/C45H56N4O5.Mg/c1-11-29-25(6)32-20-34-27(8)31(16-17-38(50)54-19-18-24(5)15-13-14-23(3)4)42(48-34)40-41(45(52)53-10)44(51)39-28(9)35(49-43(39)40)22-37-30(12-2)26(7)33(47-37)21-36(29)46-32;/h11,18,20-23,27,31,41-42,45,51-52H,1,12-17,19H2,2-10H3;/q-4;+2/b24-18+,33-21-,34-20-,37-22-;/t27-,31-,41+,42?,45?;/m0./s1. The van der Waals surface area contributed by atoms with Crippen molar-refractivity contribution in [3.8, 4) is 0 Å². The van der Waals surface area contributed by atoms with Gasteiger partial charge in [-0.2, -0.15) is 5.70 Å². The minimum atomic E-state index is -1.33. The predicted molar refractivity (Wildman–Crippen MR) is 221 cm³/mol. The van der Waals surface area contributed by atoms with Crippen molar-refractivity contribution >= 4 is 64.7 Å². The molecule has 3 aromatic rings. The average Bonchev–Trinajstić information content (AvgIpc) is 3.87. The Kier molecular flexibility index (Phi) is 13.6. The smallest absolute Gasteiger partial charge is 0.681 e. The van der Waals surface area contributed by atoms with Crippen molar-refractivity contribution in [3.05, 3.63) is 95.4 Å². The van der Waals surface area contributed by atoms with Gasteiger partial charge < -0.3 is 40.0 Å². The summed E-state index contributed by atoms with van der Waals surface area (Å²) < 4.78 is 11.2. The number of rotatable bonds is 13. The van der Waals surface area contributed by atoms with Crippen molar-refractivity contribution in [1.82, 2.24) is 15.0 Å². The molecule has 0 aromatic carbocycles. The van der Waals surface area contributed by atoms with Crippen molar-refractivity contribution in [1.29, 1.82) is 0 Å². The number of hydrogen-bond acceptors (Lipinski definition) is 5. The first-order valence-electron chi connectivity index (χ1n) is 19.5. The first-order valence-corrected chi connectivity index (χ1v) is 19.5. The van der Waals surface area contributed by atoms with Crippen LogP contribution in [0.3, 0.4) is 0 Å². The van der Waals surface area contributed by atoms with Crippen molar-refractivity contribution in [2.45, 2.75) is 106 Å². The number of aliphatic hydroxyl groups is 2. The maximum atomic E-state index is 13.2. The molecule has 1 saturated heterocycles. The average molecular weight is 757 g/mol. The normalized spacial score (nSPS) is 23.0. The van der Waals surface area contributed by atoms with Crippen molar-refractivity contribution in [3.63, 3.8) is 0 Å². The summed E-state index contributed by atoms with van der Waals surface area (Å²) in [6.07, 6.45) is 13.3. The molecular weight excluding hydrogens is 701 g/mol. The maximum absolute atomic E-state index is 13.2. The van der Waals surface area contributed by atoms with E-state index in [0.717, 1.165) is 74.9 Å². The van der Waals surface area contributed by atoms with Gasteiger partial charge in [0.15, 0.2) is 6.29 Å². The minimum Gasteiger partial charge on any atom is -0.681 e. The van der Waals surface area contributed by atoms with Gasteiger partial charge in [-0.3, -0.25) is 4.79 Å². The van der Waals surface area contributed by atoms with E-state index in [0.29, 0.717) is 34.2 Å². The van der Waals surface area contributed by atoms with Gasteiger partial charge in [0, 0.05) is 13.5 Å². The first kappa shape index (κ1) is 42.4. The topological polar surface area (TPSA) is 132 Å². The number of ether oxygens (including phenoxy) is 2. The van der Waals surface area contributed by atoms with Gasteiger partial charge in [-0.05, 0) is 88.0 Å². The number of allylic oxidation sites excluding steroid dienone is 2. The molecule has 10 heteroatoms. The molecule has 9 nitrogen and oxygen atoms in total. The van der Waals surface area contributed by atoms with E-state index in [2.05, 4.69) is 48.1 Å². The van der Waals surface area contributed by atoms with E-state index in [1.165, 1.54) is 19.1 Å². The Hall–Kier alpha value is -3.70. The third-order valence-corrected chi connectivity index (χ3v) is 11.8. The van der Waals surface area contributed by atoms with Gasteiger partial charge in [-0.15, -0.1) is 33.1 Å². The minimum absolute atomic E-state index is 0. The third-order valence-electron chi connectivity index (χ3n) is 11.8. The van der Waals surface area contributed by atoms with E-state index in [4.69, 9.17) is 29.7 Å². The van der Waals surface area contributed by atoms with Crippen LogP contribution in [0.1, 0.15) is 112 Å². The molecule has 5 heterocycles. The van der Waals surface area contributed by atoms with Crippen molar-refractivity contribution in [2.24, 2.45) is 23.7 Å². The molecule has 2 unspecified atom stereocenters. The molecule has 0 saturated carbocycles. The fraction of sp³-hybridized carbons (Fsp3) is 0.489. The van der Waals surface area contributed by atoms with E-state index in [1.54, 1.807) is 0 Å².